The summed E-state index contributed by atoms with van der Waals surface area (Å²) in [5.41, 5.74) is 0.731. The Hall–Kier alpha value is -2.79. The van der Waals surface area contributed by atoms with Crippen LogP contribution in [-0.4, -0.2) is 43.3 Å². The molecule has 3 aromatic rings. The summed E-state index contributed by atoms with van der Waals surface area (Å²) in [5.74, 6) is -0.760. The zero-order valence-electron chi connectivity index (χ0n) is 20.3. The summed E-state index contributed by atoms with van der Waals surface area (Å²) in [5, 5.41) is 3.64. The molecule has 0 aliphatic carbocycles. The molecule has 1 saturated heterocycles. The Labute approximate surface area is 211 Å². The van der Waals surface area contributed by atoms with Crippen LogP contribution >= 0.6 is 11.9 Å². The highest BCUT2D eigenvalue weighted by Gasteiger charge is 2.30. The number of hydrogen-bond donors (Lipinski definition) is 1. The maximum atomic E-state index is 14.4. The van der Waals surface area contributed by atoms with Gasteiger partial charge in [-0.25, -0.2) is 8.78 Å². The highest BCUT2D eigenvalue weighted by molar-refractivity contribution is 8.00. The second-order valence-electron chi connectivity index (χ2n) is 8.58. The van der Waals surface area contributed by atoms with E-state index in [2.05, 4.69) is 19.3 Å². The predicted octanol–water partition coefficient (Wildman–Crippen LogP) is 6.87. The molecule has 1 unspecified atom stereocenters. The molecule has 0 bridgehead atoms. The Balaban J connectivity index is 0.000000253. The number of halogens is 5. The van der Waals surface area contributed by atoms with Crippen LogP contribution in [0.5, 0.6) is 0 Å². The normalized spacial score (nSPS) is 16.0. The lowest BCUT2D eigenvalue weighted by Gasteiger charge is -2.37. The summed E-state index contributed by atoms with van der Waals surface area (Å²) in [6.45, 7) is 3.41. The molecule has 1 aliphatic rings. The lowest BCUT2D eigenvalue weighted by molar-refractivity contribution is -0.137. The van der Waals surface area contributed by atoms with Crippen molar-refractivity contribution >= 4 is 23.5 Å². The third-order valence-electron chi connectivity index (χ3n) is 5.83. The van der Waals surface area contributed by atoms with Gasteiger partial charge in [0.1, 0.15) is 22.8 Å². The number of likely N-dealkylation sites (N-methyl/N-ethyl adjacent to an activating group) is 1. The number of rotatable bonds is 6. The van der Waals surface area contributed by atoms with E-state index in [1.54, 1.807) is 12.1 Å². The number of piperidine rings is 1. The van der Waals surface area contributed by atoms with E-state index >= 15 is 0 Å². The number of aromatic nitrogens is 1. The molecule has 4 rings (SSSR count). The van der Waals surface area contributed by atoms with Crippen LogP contribution in [0.1, 0.15) is 30.9 Å². The zero-order valence-corrected chi connectivity index (χ0v) is 21.1. The molecule has 1 aromatic heterocycles. The van der Waals surface area contributed by atoms with Gasteiger partial charge in [0.2, 0.25) is 0 Å². The van der Waals surface area contributed by atoms with E-state index in [1.807, 2.05) is 25.9 Å². The van der Waals surface area contributed by atoms with Crippen molar-refractivity contribution in [1.29, 1.82) is 0 Å². The number of hydrogen-bond acceptors (Lipinski definition) is 6. The topological polar surface area (TPSA) is 44.5 Å². The number of nitrogens with zero attached hydrogens (tertiary/aromatic N) is 3. The van der Waals surface area contributed by atoms with Crippen LogP contribution < -0.4 is 9.62 Å². The van der Waals surface area contributed by atoms with Crippen LogP contribution in [0.15, 0.2) is 58.1 Å². The fourth-order valence-corrected chi connectivity index (χ4v) is 4.40. The Morgan fingerprint density at radius 1 is 1.14 bits per heavy atom. The van der Waals surface area contributed by atoms with E-state index in [1.165, 1.54) is 30.5 Å². The third-order valence-corrected chi connectivity index (χ3v) is 6.74. The summed E-state index contributed by atoms with van der Waals surface area (Å²) in [6, 6.07) is 10.2. The van der Waals surface area contributed by atoms with Gasteiger partial charge in [-0.05, 0) is 69.1 Å². The molecule has 1 fully saturated rings. The number of alkyl halides is 3. The molecule has 1 N–H and O–H groups in total. The number of aryl methyl sites for hydroxylation is 1. The summed E-state index contributed by atoms with van der Waals surface area (Å²) < 4.78 is 72.5. The summed E-state index contributed by atoms with van der Waals surface area (Å²) in [4.78, 5) is 4.12. The molecule has 5 nitrogen and oxygen atoms in total. The first-order valence-electron chi connectivity index (χ1n) is 11.5. The lowest BCUT2D eigenvalue weighted by Crippen LogP contribution is -2.45. The Morgan fingerprint density at radius 2 is 1.86 bits per heavy atom. The largest absolute Gasteiger partial charge is 0.416 e. The van der Waals surface area contributed by atoms with Crippen molar-refractivity contribution in [2.45, 2.75) is 43.3 Å². The molecular weight excluding hydrogens is 499 g/mol. The minimum atomic E-state index is -4.22. The SMILES string of the molecule is CCc1cccc(C(F)(F)F)c1.CN(C)C1CCCN(c2cc(F)c(SNc3ccon3)c(F)c2)C1. The zero-order chi connectivity index (χ0) is 26.3. The molecule has 2 heterocycles. The van der Waals surface area contributed by atoms with Gasteiger partial charge in [-0.2, -0.15) is 13.2 Å². The molecule has 196 valence electrons. The van der Waals surface area contributed by atoms with Crippen LogP contribution in [0.3, 0.4) is 0 Å². The first-order chi connectivity index (χ1) is 17.1. The standard InChI is InChI=1S/C16H20F2N4OS.C9H9F3/c1-21(2)11-4-3-6-22(10-11)12-8-13(17)16(14(18)9-12)24-20-15-5-7-23-19-15;1-2-7-4-3-5-8(6-7)9(10,11)12/h5,7-9,11H,3-4,6,10H2,1-2H3,(H,19,20);3-6H,2H2,1H3. The molecule has 0 radical (unpaired) electrons. The number of anilines is 2. The van der Waals surface area contributed by atoms with Gasteiger partial charge >= 0.3 is 6.18 Å². The van der Waals surface area contributed by atoms with Crippen LogP contribution in [0, 0.1) is 11.6 Å². The van der Waals surface area contributed by atoms with E-state index < -0.39 is 23.4 Å². The first-order valence-corrected chi connectivity index (χ1v) is 12.3. The fourth-order valence-electron chi connectivity index (χ4n) is 3.77. The Bertz CT molecular complexity index is 1090. The van der Waals surface area contributed by atoms with Crippen molar-refractivity contribution < 1.29 is 26.5 Å². The molecule has 0 saturated carbocycles. The van der Waals surface area contributed by atoms with Gasteiger partial charge in [0.15, 0.2) is 5.82 Å². The molecule has 36 heavy (non-hydrogen) atoms. The van der Waals surface area contributed by atoms with Crippen LogP contribution in [0.4, 0.5) is 33.5 Å². The molecule has 11 heteroatoms. The van der Waals surface area contributed by atoms with E-state index in [0.717, 1.165) is 43.9 Å². The number of benzene rings is 2. The monoisotopic (exact) mass is 528 g/mol. The van der Waals surface area contributed by atoms with E-state index in [-0.39, 0.29) is 4.90 Å². The van der Waals surface area contributed by atoms with E-state index in [0.29, 0.717) is 29.5 Å². The Kier molecular flexibility index (Phi) is 9.61. The van der Waals surface area contributed by atoms with Crippen LogP contribution in [0.2, 0.25) is 0 Å². The minimum Gasteiger partial charge on any atom is -0.370 e. The van der Waals surface area contributed by atoms with Gasteiger partial charge in [0.25, 0.3) is 0 Å². The van der Waals surface area contributed by atoms with E-state index in [4.69, 9.17) is 0 Å². The quantitative estimate of drug-likeness (QED) is 0.278. The fraction of sp³-hybridized carbons (Fsp3) is 0.400. The van der Waals surface area contributed by atoms with Crippen molar-refractivity contribution in [2.75, 3.05) is 36.8 Å². The van der Waals surface area contributed by atoms with Crippen molar-refractivity contribution in [3.63, 3.8) is 0 Å². The maximum Gasteiger partial charge on any atom is 0.416 e. The lowest BCUT2D eigenvalue weighted by atomic mass is 10.0. The number of nitrogens with one attached hydrogen (secondary N) is 1. The average Bonchev–Trinajstić information content (AvgIpc) is 3.37. The van der Waals surface area contributed by atoms with Crippen molar-refractivity contribution in [2.24, 2.45) is 0 Å². The van der Waals surface area contributed by atoms with Crippen molar-refractivity contribution in [3.05, 3.63) is 71.5 Å². The predicted molar refractivity (Wildman–Crippen MR) is 132 cm³/mol. The summed E-state index contributed by atoms with van der Waals surface area (Å²) >= 11 is 0.843. The van der Waals surface area contributed by atoms with Crippen LogP contribution in [0.25, 0.3) is 0 Å². The van der Waals surface area contributed by atoms with Gasteiger partial charge < -0.3 is 19.0 Å². The molecule has 0 amide bonds. The highest BCUT2D eigenvalue weighted by Crippen LogP contribution is 2.32. The highest BCUT2D eigenvalue weighted by atomic mass is 32.2. The van der Waals surface area contributed by atoms with Crippen molar-refractivity contribution in [1.82, 2.24) is 10.1 Å². The van der Waals surface area contributed by atoms with Gasteiger partial charge in [0.05, 0.1) is 5.56 Å². The Morgan fingerprint density at radius 3 is 2.44 bits per heavy atom. The molecule has 1 atom stereocenters. The molecule has 1 aliphatic heterocycles. The molecule has 2 aromatic carbocycles. The molecular formula is C25H29F5N4OS. The van der Waals surface area contributed by atoms with Gasteiger partial charge in [-0.3, -0.25) is 0 Å². The summed E-state index contributed by atoms with van der Waals surface area (Å²) in [6.07, 6.45) is -0.0916. The second-order valence-corrected chi connectivity index (χ2v) is 9.40. The van der Waals surface area contributed by atoms with Crippen LogP contribution in [-0.2, 0) is 12.6 Å². The third kappa shape index (κ3) is 7.60. The van der Waals surface area contributed by atoms with Gasteiger partial charge in [0, 0.05) is 30.9 Å². The summed E-state index contributed by atoms with van der Waals surface area (Å²) in [7, 11) is 4.06. The first kappa shape index (κ1) is 27.8. The smallest absolute Gasteiger partial charge is 0.370 e. The van der Waals surface area contributed by atoms with Crippen molar-refractivity contribution in [3.8, 4) is 0 Å². The van der Waals surface area contributed by atoms with E-state index in [9.17, 15) is 22.0 Å². The van der Waals surface area contributed by atoms with Gasteiger partial charge in [-0.15, -0.1) is 0 Å². The van der Waals surface area contributed by atoms with Gasteiger partial charge in [-0.1, -0.05) is 30.3 Å². The average molecular weight is 529 g/mol. The molecule has 0 spiro atoms. The minimum absolute atomic E-state index is 0.0806. The maximum absolute atomic E-state index is 14.4. The second kappa shape index (κ2) is 12.4.